The van der Waals surface area contributed by atoms with Crippen LogP contribution in [-0.2, 0) is 17.1 Å². The fourth-order valence-corrected chi connectivity index (χ4v) is 3.89. The van der Waals surface area contributed by atoms with Gasteiger partial charge in [-0.25, -0.2) is 28.5 Å². The smallest absolute Gasteiger partial charge is 0.239 e. The topological polar surface area (TPSA) is 167 Å². The van der Waals surface area contributed by atoms with Gasteiger partial charge >= 0.3 is 0 Å². The molecule has 13 heteroatoms. The number of Topliss-reactive ketones (excluding diaryl/α,β-unsaturated/α-hetero) is 1. The summed E-state index contributed by atoms with van der Waals surface area (Å²) in [7, 11) is -0.539. The van der Waals surface area contributed by atoms with Gasteiger partial charge in [-0.15, -0.1) is 0 Å². The molecular weight excluding hydrogens is 484 g/mol. The molecule has 3 heterocycles. The maximum Gasteiger partial charge on any atom is 0.239 e. The van der Waals surface area contributed by atoms with Crippen molar-refractivity contribution in [1.82, 2.24) is 24.7 Å². The van der Waals surface area contributed by atoms with Crippen molar-refractivity contribution in [1.29, 1.82) is 0 Å². The molecule has 12 nitrogen and oxygen atoms in total. The number of nitrogens with one attached hydrogen (secondary N) is 2. The summed E-state index contributed by atoms with van der Waals surface area (Å²) in [6.45, 7) is 1.77. The maximum atomic E-state index is 12.6. The molecule has 186 valence electrons. The molecule has 0 radical (unpaired) electrons. The van der Waals surface area contributed by atoms with Gasteiger partial charge in [0.1, 0.15) is 22.9 Å². The number of aryl methyl sites for hydroxylation is 1. The normalized spacial score (nSPS) is 11.2. The molecule has 1 aromatic carbocycles. The molecule has 4 rings (SSSR count). The average molecular weight is 509 g/mol. The van der Waals surface area contributed by atoms with Crippen LogP contribution in [0.1, 0.15) is 23.7 Å². The molecule has 0 bridgehead atoms. The first kappa shape index (κ1) is 24.8. The van der Waals surface area contributed by atoms with Crippen molar-refractivity contribution in [2.45, 2.75) is 18.2 Å². The van der Waals surface area contributed by atoms with E-state index in [9.17, 15) is 13.2 Å². The van der Waals surface area contributed by atoms with E-state index in [0.29, 0.717) is 45.7 Å². The number of nitrogens with two attached hydrogens (primary N) is 1. The summed E-state index contributed by atoms with van der Waals surface area (Å²) in [4.78, 5) is 25.2. The highest BCUT2D eigenvalue weighted by Crippen LogP contribution is 2.37. The SMILES string of the molecule is CCC(=O)c1cnc(Nc2ccc(S(N)(=O)=O)cn2)cc1Nc1cccc(-c2ncn(C)n2)c1OC. The van der Waals surface area contributed by atoms with Gasteiger partial charge in [-0.2, -0.15) is 5.10 Å². The van der Waals surface area contributed by atoms with E-state index in [-0.39, 0.29) is 17.1 Å². The molecule has 0 aliphatic heterocycles. The number of aromatic nitrogens is 5. The number of ether oxygens (including phenoxy) is 1. The number of carbonyl (C=O) groups is 1. The molecular formula is C23H24N8O4S. The van der Waals surface area contributed by atoms with Crippen molar-refractivity contribution in [3.63, 3.8) is 0 Å². The number of benzene rings is 1. The number of hydrogen-bond acceptors (Lipinski definition) is 10. The van der Waals surface area contributed by atoms with Gasteiger partial charge in [0, 0.05) is 31.9 Å². The van der Waals surface area contributed by atoms with Crippen LogP contribution in [0.2, 0.25) is 0 Å². The quantitative estimate of drug-likeness (QED) is 0.286. The Kier molecular flexibility index (Phi) is 6.94. The Labute approximate surface area is 207 Å². The second-order valence-electron chi connectivity index (χ2n) is 7.69. The Hall–Kier alpha value is -4.36. The second-order valence-corrected chi connectivity index (χ2v) is 9.26. The molecule has 0 aliphatic carbocycles. The summed E-state index contributed by atoms with van der Waals surface area (Å²) in [6.07, 6.45) is 4.49. The van der Waals surface area contributed by atoms with E-state index in [1.165, 1.54) is 18.3 Å². The van der Waals surface area contributed by atoms with Crippen LogP contribution < -0.4 is 20.5 Å². The van der Waals surface area contributed by atoms with Crippen LogP contribution >= 0.6 is 0 Å². The van der Waals surface area contributed by atoms with E-state index in [1.807, 2.05) is 18.2 Å². The fourth-order valence-electron chi connectivity index (χ4n) is 3.43. The highest BCUT2D eigenvalue weighted by atomic mass is 32.2. The lowest BCUT2D eigenvalue weighted by atomic mass is 10.1. The standard InChI is InChI=1S/C23H24N8O4S/c1-4-19(32)16-12-26-21(29-20-9-8-14(11-25-20)36(24,33)34)10-18(16)28-17-7-5-6-15(22(17)35-3)23-27-13-31(2)30-23/h5-13H,4H2,1-3H3,(H2,24,33,34)(H2,25,26,28,29). The van der Waals surface area contributed by atoms with Gasteiger partial charge in [0.2, 0.25) is 10.0 Å². The number of rotatable bonds is 9. The predicted molar refractivity (Wildman–Crippen MR) is 134 cm³/mol. The van der Waals surface area contributed by atoms with Crippen molar-refractivity contribution in [3.05, 3.63) is 60.7 Å². The van der Waals surface area contributed by atoms with Gasteiger partial charge < -0.3 is 15.4 Å². The Bertz CT molecular complexity index is 1520. The number of nitrogens with zero attached hydrogens (tertiary/aromatic N) is 5. The average Bonchev–Trinajstić information content (AvgIpc) is 3.29. The van der Waals surface area contributed by atoms with E-state index in [1.54, 1.807) is 38.2 Å². The van der Waals surface area contributed by atoms with Gasteiger partial charge in [-0.3, -0.25) is 9.48 Å². The number of anilines is 4. The Morgan fingerprint density at radius 2 is 1.83 bits per heavy atom. The number of hydrogen-bond donors (Lipinski definition) is 3. The molecule has 0 unspecified atom stereocenters. The minimum Gasteiger partial charge on any atom is -0.494 e. The molecule has 0 saturated carbocycles. The third-order valence-corrected chi connectivity index (χ3v) is 6.07. The predicted octanol–water partition coefficient (Wildman–Crippen LogP) is 3.01. The number of para-hydroxylation sites is 1. The van der Waals surface area contributed by atoms with Gasteiger partial charge in [0.25, 0.3) is 0 Å². The number of pyridine rings is 2. The second kappa shape index (κ2) is 10.1. The monoisotopic (exact) mass is 508 g/mol. The van der Waals surface area contributed by atoms with Gasteiger partial charge in [-0.05, 0) is 24.3 Å². The molecule has 0 amide bonds. The number of methoxy groups -OCH3 is 1. The molecule has 0 spiro atoms. The molecule has 0 aliphatic rings. The zero-order valence-corrected chi connectivity index (χ0v) is 20.6. The first-order chi connectivity index (χ1) is 17.2. The Morgan fingerprint density at radius 1 is 1.06 bits per heavy atom. The Balaban J connectivity index is 1.70. The highest BCUT2D eigenvalue weighted by molar-refractivity contribution is 7.89. The molecule has 0 saturated heterocycles. The lowest BCUT2D eigenvalue weighted by Gasteiger charge is -2.17. The summed E-state index contributed by atoms with van der Waals surface area (Å²) >= 11 is 0. The zero-order valence-electron chi connectivity index (χ0n) is 19.8. The van der Waals surface area contributed by atoms with E-state index >= 15 is 0 Å². The highest BCUT2D eigenvalue weighted by Gasteiger charge is 2.18. The molecule has 36 heavy (non-hydrogen) atoms. The van der Waals surface area contributed by atoms with Crippen LogP contribution in [0.5, 0.6) is 5.75 Å². The molecule has 4 N–H and O–H groups in total. The van der Waals surface area contributed by atoms with Crippen molar-refractivity contribution in [2.24, 2.45) is 12.2 Å². The van der Waals surface area contributed by atoms with Crippen molar-refractivity contribution >= 4 is 38.8 Å². The van der Waals surface area contributed by atoms with Crippen LogP contribution in [0.3, 0.4) is 0 Å². The minimum atomic E-state index is -3.86. The van der Waals surface area contributed by atoms with Gasteiger partial charge in [0.05, 0.1) is 29.6 Å². The molecule has 4 aromatic rings. The van der Waals surface area contributed by atoms with E-state index in [4.69, 9.17) is 9.88 Å². The van der Waals surface area contributed by atoms with E-state index in [0.717, 1.165) is 6.20 Å². The molecule has 0 fully saturated rings. The van der Waals surface area contributed by atoms with Gasteiger partial charge in [-0.1, -0.05) is 13.0 Å². The summed E-state index contributed by atoms with van der Waals surface area (Å²) < 4.78 is 30.2. The maximum absolute atomic E-state index is 12.6. The van der Waals surface area contributed by atoms with Crippen LogP contribution in [-0.4, -0.2) is 46.0 Å². The Morgan fingerprint density at radius 3 is 2.44 bits per heavy atom. The first-order valence-corrected chi connectivity index (χ1v) is 12.3. The van der Waals surface area contributed by atoms with E-state index in [2.05, 4.69) is 30.7 Å². The first-order valence-electron chi connectivity index (χ1n) is 10.8. The third kappa shape index (κ3) is 5.31. The summed E-state index contributed by atoms with van der Waals surface area (Å²) in [5, 5.41) is 15.7. The van der Waals surface area contributed by atoms with Crippen molar-refractivity contribution in [2.75, 3.05) is 17.7 Å². The molecule has 3 aromatic heterocycles. The number of ketones is 1. The lowest BCUT2D eigenvalue weighted by Crippen LogP contribution is -2.12. The van der Waals surface area contributed by atoms with Crippen LogP contribution in [0.25, 0.3) is 11.4 Å². The summed E-state index contributed by atoms with van der Waals surface area (Å²) in [6, 6.07) is 9.94. The van der Waals surface area contributed by atoms with Crippen LogP contribution in [0, 0.1) is 0 Å². The van der Waals surface area contributed by atoms with Crippen LogP contribution in [0.15, 0.2) is 60.0 Å². The number of carbonyl (C=O) groups excluding carboxylic acids is 1. The zero-order chi connectivity index (χ0) is 25.9. The van der Waals surface area contributed by atoms with E-state index < -0.39 is 10.0 Å². The largest absolute Gasteiger partial charge is 0.494 e. The summed E-state index contributed by atoms with van der Waals surface area (Å²) in [5.74, 6) is 1.62. The van der Waals surface area contributed by atoms with Gasteiger partial charge in [0.15, 0.2) is 17.4 Å². The minimum absolute atomic E-state index is 0.103. The summed E-state index contributed by atoms with van der Waals surface area (Å²) in [5.41, 5.74) is 2.16. The third-order valence-electron chi connectivity index (χ3n) is 5.18. The van der Waals surface area contributed by atoms with Crippen molar-refractivity contribution in [3.8, 4) is 17.1 Å². The fraction of sp³-hybridized carbons (Fsp3) is 0.174. The molecule has 0 atom stereocenters. The lowest BCUT2D eigenvalue weighted by molar-refractivity contribution is 0.0988. The number of sulfonamides is 1. The van der Waals surface area contributed by atoms with Crippen LogP contribution in [0.4, 0.5) is 23.0 Å². The number of primary sulfonamides is 1. The van der Waals surface area contributed by atoms with Crippen molar-refractivity contribution < 1.29 is 17.9 Å².